The number of fused-ring (bicyclic) bond motifs is 2. The van der Waals surface area contributed by atoms with E-state index in [0.717, 1.165) is 18.6 Å². The number of carbonyl (C=O) groups is 1. The molecule has 0 aromatic heterocycles. The number of nitrogens with zero attached hydrogens (tertiary/aromatic N) is 1. The minimum atomic E-state index is 0.202. The fraction of sp³-hybridized carbons (Fsp3) is 0.917. The second-order valence-electron chi connectivity index (χ2n) is 5.59. The summed E-state index contributed by atoms with van der Waals surface area (Å²) in [5.74, 6) is 0.202. The Kier molecular flexibility index (Phi) is 2.64. The summed E-state index contributed by atoms with van der Waals surface area (Å²) in [6, 6.07) is 2.56. The number of rotatable bonds is 2. The van der Waals surface area contributed by atoms with Crippen molar-refractivity contribution in [1.29, 1.82) is 0 Å². The predicted octanol–water partition coefficient (Wildman–Crippen LogP) is 0.0897. The molecule has 3 saturated heterocycles. The van der Waals surface area contributed by atoms with Gasteiger partial charge in [0, 0.05) is 37.1 Å². The maximum absolute atomic E-state index is 11.1. The van der Waals surface area contributed by atoms with Crippen molar-refractivity contribution in [2.45, 2.75) is 56.3 Å². The number of amides is 1. The lowest BCUT2D eigenvalue weighted by Gasteiger charge is -2.37. The molecule has 3 aliphatic rings. The summed E-state index contributed by atoms with van der Waals surface area (Å²) in [7, 11) is 2.26. The van der Waals surface area contributed by atoms with Crippen molar-refractivity contribution in [2.75, 3.05) is 13.6 Å². The largest absolute Gasteiger partial charge is 0.354 e. The number of hydrogen-bond donors (Lipinski definition) is 2. The average Bonchev–Trinajstić information content (AvgIpc) is 2.72. The zero-order valence-corrected chi connectivity index (χ0v) is 9.91. The van der Waals surface area contributed by atoms with Gasteiger partial charge in [0.1, 0.15) is 0 Å². The van der Waals surface area contributed by atoms with Crippen molar-refractivity contribution in [3.63, 3.8) is 0 Å². The fourth-order valence-corrected chi connectivity index (χ4v) is 3.60. The molecule has 3 fully saturated rings. The minimum absolute atomic E-state index is 0.202. The third-order valence-electron chi connectivity index (χ3n) is 4.55. The maximum Gasteiger partial charge on any atom is 0.221 e. The molecule has 2 bridgehead atoms. The van der Waals surface area contributed by atoms with Gasteiger partial charge in [-0.15, -0.1) is 0 Å². The van der Waals surface area contributed by atoms with Gasteiger partial charge in [-0.1, -0.05) is 0 Å². The lowest BCUT2D eigenvalue weighted by molar-refractivity contribution is -0.119. The van der Waals surface area contributed by atoms with Crippen LogP contribution in [0.4, 0.5) is 0 Å². The van der Waals surface area contributed by atoms with Crippen molar-refractivity contribution in [3.8, 4) is 0 Å². The molecule has 3 aliphatic heterocycles. The first kappa shape index (κ1) is 10.5. The molecule has 3 unspecified atom stereocenters. The van der Waals surface area contributed by atoms with Crippen molar-refractivity contribution < 1.29 is 4.79 Å². The van der Waals surface area contributed by atoms with Crippen LogP contribution in [0, 0.1) is 0 Å². The summed E-state index contributed by atoms with van der Waals surface area (Å²) >= 11 is 0. The molecule has 0 spiro atoms. The van der Waals surface area contributed by atoms with E-state index in [1.165, 1.54) is 25.7 Å². The number of nitrogens with one attached hydrogen (secondary N) is 2. The second kappa shape index (κ2) is 4.00. The Balaban J connectivity index is 1.55. The fourth-order valence-electron chi connectivity index (χ4n) is 3.60. The molecular weight excluding hydrogens is 202 g/mol. The maximum atomic E-state index is 11.1. The van der Waals surface area contributed by atoms with E-state index in [1.54, 1.807) is 0 Å². The molecule has 1 amide bonds. The highest BCUT2D eigenvalue weighted by molar-refractivity contribution is 5.78. The van der Waals surface area contributed by atoms with E-state index in [1.807, 2.05) is 0 Å². The first-order valence-corrected chi connectivity index (χ1v) is 6.47. The molecule has 4 heteroatoms. The molecule has 0 aromatic carbocycles. The van der Waals surface area contributed by atoms with Crippen molar-refractivity contribution in [1.82, 2.24) is 15.5 Å². The summed E-state index contributed by atoms with van der Waals surface area (Å²) in [5.41, 5.74) is 0. The third kappa shape index (κ3) is 1.84. The molecule has 4 nitrogen and oxygen atoms in total. The van der Waals surface area contributed by atoms with Gasteiger partial charge in [0.25, 0.3) is 0 Å². The first-order chi connectivity index (χ1) is 7.72. The number of carbonyl (C=O) groups excluding carboxylic acids is 1. The van der Waals surface area contributed by atoms with E-state index in [9.17, 15) is 4.79 Å². The highest BCUT2D eigenvalue weighted by Crippen LogP contribution is 2.34. The molecule has 16 heavy (non-hydrogen) atoms. The van der Waals surface area contributed by atoms with Crippen LogP contribution in [0.25, 0.3) is 0 Å². The number of piperidine rings is 1. The summed E-state index contributed by atoms with van der Waals surface area (Å²) in [6.45, 7) is 0.820. The Morgan fingerprint density at radius 2 is 1.94 bits per heavy atom. The Morgan fingerprint density at radius 1 is 1.25 bits per heavy atom. The van der Waals surface area contributed by atoms with Gasteiger partial charge in [0.2, 0.25) is 5.91 Å². The summed E-state index contributed by atoms with van der Waals surface area (Å²) in [5, 5.41) is 6.55. The van der Waals surface area contributed by atoms with Gasteiger partial charge in [0.05, 0.1) is 0 Å². The van der Waals surface area contributed by atoms with Crippen molar-refractivity contribution in [2.24, 2.45) is 0 Å². The van der Waals surface area contributed by atoms with E-state index in [2.05, 4.69) is 22.6 Å². The van der Waals surface area contributed by atoms with Gasteiger partial charge in [-0.3, -0.25) is 4.79 Å². The Bertz CT molecular complexity index is 280. The molecule has 0 radical (unpaired) electrons. The van der Waals surface area contributed by atoms with E-state index >= 15 is 0 Å². The molecular formula is C12H21N3O. The quantitative estimate of drug-likeness (QED) is 0.697. The Hall–Kier alpha value is -0.610. The molecule has 3 rings (SSSR count). The molecule has 0 saturated carbocycles. The van der Waals surface area contributed by atoms with E-state index < -0.39 is 0 Å². The topological polar surface area (TPSA) is 44.4 Å². The third-order valence-corrected chi connectivity index (χ3v) is 4.55. The van der Waals surface area contributed by atoms with Gasteiger partial charge in [0.15, 0.2) is 0 Å². The lowest BCUT2D eigenvalue weighted by Crippen LogP contribution is -2.50. The van der Waals surface area contributed by atoms with Crippen LogP contribution in [0.5, 0.6) is 0 Å². The van der Waals surface area contributed by atoms with Crippen LogP contribution in [0.3, 0.4) is 0 Å². The smallest absolute Gasteiger partial charge is 0.221 e. The van der Waals surface area contributed by atoms with Crippen LogP contribution in [-0.2, 0) is 4.79 Å². The van der Waals surface area contributed by atoms with Gasteiger partial charge in [-0.05, 0) is 32.7 Å². The number of hydrogen-bond acceptors (Lipinski definition) is 3. The van der Waals surface area contributed by atoms with Crippen LogP contribution in [0.15, 0.2) is 0 Å². The molecule has 2 N–H and O–H groups in total. The highest BCUT2D eigenvalue weighted by Gasteiger charge is 2.39. The van der Waals surface area contributed by atoms with Gasteiger partial charge in [-0.25, -0.2) is 0 Å². The predicted molar refractivity (Wildman–Crippen MR) is 62.1 cm³/mol. The second-order valence-corrected chi connectivity index (χ2v) is 5.59. The minimum Gasteiger partial charge on any atom is -0.354 e. The highest BCUT2D eigenvalue weighted by atomic mass is 16.1. The summed E-state index contributed by atoms with van der Waals surface area (Å²) < 4.78 is 0. The summed E-state index contributed by atoms with van der Waals surface area (Å²) in [6.07, 6.45) is 5.92. The van der Waals surface area contributed by atoms with Gasteiger partial charge < -0.3 is 15.5 Å². The van der Waals surface area contributed by atoms with Gasteiger partial charge in [-0.2, -0.15) is 0 Å². The molecule has 3 atom stereocenters. The van der Waals surface area contributed by atoms with E-state index in [-0.39, 0.29) is 5.91 Å². The van der Waals surface area contributed by atoms with E-state index in [4.69, 9.17) is 0 Å². The Morgan fingerprint density at radius 3 is 2.50 bits per heavy atom. The standard InChI is InChI=1S/C12H21N3O/c1-15-10-2-3-11(15)5-8(4-10)14-9-6-12(16)13-7-9/h8-11,14H,2-7H2,1H3,(H,13,16). The van der Waals surface area contributed by atoms with Crippen LogP contribution < -0.4 is 10.6 Å². The SMILES string of the molecule is CN1C2CCC1CC(NC1CNC(=O)C1)C2. The normalized spacial score (nSPS) is 43.7. The van der Waals surface area contributed by atoms with Crippen LogP contribution in [-0.4, -0.2) is 48.6 Å². The zero-order chi connectivity index (χ0) is 11.1. The van der Waals surface area contributed by atoms with E-state index in [0.29, 0.717) is 18.5 Å². The molecule has 0 aromatic rings. The monoisotopic (exact) mass is 223 g/mol. The molecule has 0 aliphatic carbocycles. The zero-order valence-electron chi connectivity index (χ0n) is 9.91. The lowest BCUT2D eigenvalue weighted by atomic mass is 9.97. The first-order valence-electron chi connectivity index (χ1n) is 6.47. The average molecular weight is 223 g/mol. The Labute approximate surface area is 96.8 Å². The summed E-state index contributed by atoms with van der Waals surface area (Å²) in [4.78, 5) is 13.7. The molecule has 3 heterocycles. The van der Waals surface area contributed by atoms with Crippen LogP contribution in [0.2, 0.25) is 0 Å². The van der Waals surface area contributed by atoms with Crippen LogP contribution >= 0.6 is 0 Å². The van der Waals surface area contributed by atoms with Crippen molar-refractivity contribution >= 4 is 5.91 Å². The van der Waals surface area contributed by atoms with Gasteiger partial charge >= 0.3 is 0 Å². The van der Waals surface area contributed by atoms with Crippen molar-refractivity contribution in [3.05, 3.63) is 0 Å². The van der Waals surface area contributed by atoms with Crippen LogP contribution in [0.1, 0.15) is 32.1 Å². The molecule has 90 valence electrons.